The molecule has 1 unspecified atom stereocenters. The van der Waals surface area contributed by atoms with E-state index in [1.54, 1.807) is 25.3 Å². The van der Waals surface area contributed by atoms with E-state index in [2.05, 4.69) is 39.2 Å². The first-order valence-corrected chi connectivity index (χ1v) is 9.43. The Morgan fingerprint density at radius 1 is 1.10 bits per heavy atom. The van der Waals surface area contributed by atoms with Gasteiger partial charge >= 0.3 is 12.1 Å². The van der Waals surface area contributed by atoms with Crippen molar-refractivity contribution in [3.05, 3.63) is 47.9 Å². The van der Waals surface area contributed by atoms with Crippen molar-refractivity contribution in [3.8, 4) is 5.75 Å². The van der Waals surface area contributed by atoms with Crippen molar-refractivity contribution in [2.24, 2.45) is 5.92 Å². The van der Waals surface area contributed by atoms with Crippen LogP contribution in [0.4, 0.5) is 27.8 Å². The molecule has 0 fully saturated rings. The Kier molecular flexibility index (Phi) is 7.75. The second-order valence-corrected chi connectivity index (χ2v) is 7.31. The number of ether oxygens (including phenoxy) is 1. The molecule has 0 saturated carbocycles. The van der Waals surface area contributed by atoms with Gasteiger partial charge in [-0.25, -0.2) is 9.97 Å². The maximum atomic E-state index is 12.9. The summed E-state index contributed by atoms with van der Waals surface area (Å²) in [5.41, 5.74) is 0.748. The number of anilines is 1. The molecule has 2 heterocycles. The van der Waals surface area contributed by atoms with Crippen LogP contribution in [0, 0.1) is 5.92 Å². The highest BCUT2D eigenvalue weighted by Crippen LogP contribution is 2.35. The van der Waals surface area contributed by atoms with E-state index in [9.17, 15) is 26.7 Å². The molecule has 0 radical (unpaired) electrons. The molecular weight excluding hydrogens is 423 g/mol. The van der Waals surface area contributed by atoms with Crippen LogP contribution in [0.15, 0.2) is 36.7 Å². The van der Waals surface area contributed by atoms with Crippen molar-refractivity contribution < 1.29 is 31.5 Å². The normalized spacial score (nSPS) is 13.1. The third-order valence-electron chi connectivity index (χ3n) is 4.13. The predicted molar refractivity (Wildman–Crippen MR) is 104 cm³/mol. The van der Waals surface area contributed by atoms with Gasteiger partial charge in [-0.1, -0.05) is 13.8 Å². The van der Waals surface area contributed by atoms with Crippen LogP contribution in [-0.4, -0.2) is 41.1 Å². The van der Waals surface area contributed by atoms with E-state index in [0.29, 0.717) is 11.7 Å². The molecule has 1 amide bonds. The quantitative estimate of drug-likeness (QED) is 0.550. The first-order chi connectivity index (χ1) is 14.4. The number of aromatic nitrogens is 2. The molecule has 0 aliphatic heterocycles. The van der Waals surface area contributed by atoms with Crippen molar-refractivity contribution >= 4 is 11.7 Å². The van der Waals surface area contributed by atoms with Gasteiger partial charge < -0.3 is 15.4 Å². The Balaban J connectivity index is 1.96. The van der Waals surface area contributed by atoms with Gasteiger partial charge in [0.2, 0.25) is 0 Å². The van der Waals surface area contributed by atoms with Crippen LogP contribution in [-0.2, 0) is 0 Å². The molecule has 0 aliphatic rings. The standard InChI is InChI=1S/C20H23F5N4O2/c1-12(2)9-28-17-8-14(6-7-26-17)13(3)29-18(30)16-5-4-15(10-27-16)31-11-19(21,22)20(23,24)25/h4-8,10,12-13H,9,11H2,1-3H3,(H,26,28)(H,29,30). The first-order valence-electron chi connectivity index (χ1n) is 9.43. The van der Waals surface area contributed by atoms with Crippen LogP contribution >= 0.6 is 0 Å². The molecule has 170 valence electrons. The van der Waals surface area contributed by atoms with Crippen molar-refractivity contribution in [2.45, 2.75) is 38.9 Å². The van der Waals surface area contributed by atoms with Gasteiger partial charge in [0.1, 0.15) is 17.3 Å². The Labute approximate surface area is 176 Å². The van der Waals surface area contributed by atoms with Gasteiger partial charge in [-0.3, -0.25) is 4.79 Å². The van der Waals surface area contributed by atoms with Crippen molar-refractivity contribution in [1.82, 2.24) is 15.3 Å². The minimum absolute atomic E-state index is 0.0472. The molecule has 0 aromatic carbocycles. The van der Waals surface area contributed by atoms with Gasteiger partial charge in [0.05, 0.1) is 12.2 Å². The second-order valence-electron chi connectivity index (χ2n) is 7.31. The van der Waals surface area contributed by atoms with Gasteiger partial charge in [0.25, 0.3) is 5.91 Å². The number of halogens is 5. The van der Waals surface area contributed by atoms with E-state index in [4.69, 9.17) is 0 Å². The molecule has 0 bridgehead atoms. The number of hydrogen-bond acceptors (Lipinski definition) is 5. The summed E-state index contributed by atoms with van der Waals surface area (Å²) in [6, 6.07) is 5.43. The van der Waals surface area contributed by atoms with Gasteiger partial charge in [-0.15, -0.1) is 0 Å². The Hall–Kier alpha value is -2.98. The van der Waals surface area contributed by atoms with Crippen LogP contribution in [0.25, 0.3) is 0 Å². The lowest BCUT2D eigenvalue weighted by atomic mass is 10.1. The molecule has 1 atom stereocenters. The predicted octanol–water partition coefficient (Wildman–Crippen LogP) is 4.61. The summed E-state index contributed by atoms with van der Waals surface area (Å²) in [7, 11) is 0. The second kappa shape index (κ2) is 9.88. The highest BCUT2D eigenvalue weighted by Gasteiger charge is 2.58. The molecule has 11 heteroatoms. The number of carbonyl (C=O) groups is 1. The number of alkyl halides is 5. The average molecular weight is 446 g/mol. The van der Waals surface area contributed by atoms with E-state index in [1.165, 1.54) is 6.07 Å². The van der Waals surface area contributed by atoms with Gasteiger partial charge in [-0.05, 0) is 42.7 Å². The summed E-state index contributed by atoms with van der Waals surface area (Å²) in [4.78, 5) is 20.4. The number of nitrogens with one attached hydrogen (secondary N) is 2. The number of rotatable bonds is 9. The van der Waals surface area contributed by atoms with Crippen molar-refractivity contribution in [2.75, 3.05) is 18.5 Å². The summed E-state index contributed by atoms with van der Waals surface area (Å²) in [5.74, 6) is -4.76. The summed E-state index contributed by atoms with van der Waals surface area (Å²) >= 11 is 0. The summed E-state index contributed by atoms with van der Waals surface area (Å²) in [6.45, 7) is 4.74. The fraction of sp³-hybridized carbons (Fsp3) is 0.450. The first kappa shape index (κ1) is 24.3. The zero-order chi connectivity index (χ0) is 23.2. The molecule has 2 N–H and O–H groups in total. The van der Waals surface area contributed by atoms with Crippen molar-refractivity contribution in [3.63, 3.8) is 0 Å². The molecule has 2 rings (SSSR count). The molecule has 0 aliphatic carbocycles. The molecule has 0 saturated heterocycles. The van der Waals surface area contributed by atoms with E-state index in [1.807, 2.05) is 0 Å². The molecule has 2 aromatic heterocycles. The number of amides is 1. The largest absolute Gasteiger partial charge is 0.485 e. The summed E-state index contributed by atoms with van der Waals surface area (Å²) in [5, 5.41) is 5.92. The maximum Gasteiger partial charge on any atom is 0.456 e. The van der Waals surface area contributed by atoms with Crippen molar-refractivity contribution in [1.29, 1.82) is 0 Å². The minimum atomic E-state index is -5.71. The van der Waals surface area contributed by atoms with E-state index in [-0.39, 0.29) is 11.4 Å². The van der Waals surface area contributed by atoms with E-state index >= 15 is 0 Å². The molecule has 0 spiro atoms. The number of pyridine rings is 2. The minimum Gasteiger partial charge on any atom is -0.485 e. The third-order valence-corrected chi connectivity index (χ3v) is 4.13. The zero-order valence-electron chi connectivity index (χ0n) is 17.1. The summed E-state index contributed by atoms with van der Waals surface area (Å²) in [6.07, 6.45) is -3.19. The van der Waals surface area contributed by atoms with Crippen LogP contribution in [0.2, 0.25) is 0 Å². The number of carbonyl (C=O) groups excluding carboxylic acids is 1. The lowest BCUT2D eigenvalue weighted by Gasteiger charge is -2.19. The highest BCUT2D eigenvalue weighted by molar-refractivity contribution is 5.92. The number of nitrogens with zero attached hydrogens (tertiary/aromatic N) is 2. The Bertz CT molecular complexity index is 873. The Morgan fingerprint density at radius 3 is 2.39 bits per heavy atom. The Morgan fingerprint density at radius 2 is 1.81 bits per heavy atom. The lowest BCUT2D eigenvalue weighted by Crippen LogP contribution is -2.41. The van der Waals surface area contributed by atoms with Crippen LogP contribution < -0.4 is 15.4 Å². The average Bonchev–Trinajstić information content (AvgIpc) is 2.70. The molecule has 31 heavy (non-hydrogen) atoms. The topological polar surface area (TPSA) is 76.1 Å². The molecule has 2 aromatic rings. The van der Waals surface area contributed by atoms with Crippen LogP contribution in [0.5, 0.6) is 5.75 Å². The SMILES string of the molecule is CC(C)CNc1cc(C(C)NC(=O)c2ccc(OCC(F)(F)C(F)(F)F)cn2)ccn1. The van der Waals surface area contributed by atoms with Gasteiger partial charge in [-0.2, -0.15) is 22.0 Å². The van der Waals surface area contributed by atoms with E-state index in [0.717, 1.165) is 24.4 Å². The smallest absolute Gasteiger partial charge is 0.456 e. The van der Waals surface area contributed by atoms with Crippen LogP contribution in [0.1, 0.15) is 42.9 Å². The van der Waals surface area contributed by atoms with Gasteiger partial charge in [0.15, 0.2) is 6.61 Å². The summed E-state index contributed by atoms with van der Waals surface area (Å²) < 4.78 is 66.8. The van der Waals surface area contributed by atoms with E-state index < -0.39 is 30.7 Å². The highest BCUT2D eigenvalue weighted by atomic mass is 19.4. The maximum absolute atomic E-state index is 12.9. The number of hydrogen-bond donors (Lipinski definition) is 2. The molecule has 6 nitrogen and oxygen atoms in total. The monoisotopic (exact) mass is 446 g/mol. The fourth-order valence-electron chi connectivity index (χ4n) is 2.33. The van der Waals surface area contributed by atoms with Gasteiger partial charge in [0, 0.05) is 12.7 Å². The lowest BCUT2D eigenvalue weighted by molar-refractivity contribution is -0.290. The molecular formula is C20H23F5N4O2. The zero-order valence-corrected chi connectivity index (χ0v) is 17.1. The fourth-order valence-corrected chi connectivity index (χ4v) is 2.33. The third kappa shape index (κ3) is 7.04. The van der Waals surface area contributed by atoms with Crippen LogP contribution in [0.3, 0.4) is 0 Å².